The Bertz CT molecular complexity index is 555. The third-order valence-electron chi connectivity index (χ3n) is 2.63. The summed E-state index contributed by atoms with van der Waals surface area (Å²) in [6, 6.07) is 17.0. The van der Waals surface area contributed by atoms with Gasteiger partial charge in [-0.25, -0.2) is 4.79 Å². The molecule has 0 heterocycles. The van der Waals surface area contributed by atoms with E-state index in [0.29, 0.717) is 25.2 Å². The van der Waals surface area contributed by atoms with Gasteiger partial charge < -0.3 is 9.47 Å². The standard InChI is InChI=1S/C16H15IO3/c17-15-10-5-4-9-14(15)16(18)20-12-6-11-19-13-7-2-1-3-8-13/h1-5,7-10H,6,11-12H2. The first-order chi connectivity index (χ1) is 9.77. The number of carbonyl (C=O) groups is 1. The molecule has 0 saturated carbocycles. The van der Waals surface area contributed by atoms with Gasteiger partial charge in [-0.15, -0.1) is 0 Å². The number of benzene rings is 2. The van der Waals surface area contributed by atoms with E-state index in [0.717, 1.165) is 9.32 Å². The van der Waals surface area contributed by atoms with Gasteiger partial charge in [0.15, 0.2) is 0 Å². The Morgan fingerprint density at radius 3 is 2.40 bits per heavy atom. The summed E-state index contributed by atoms with van der Waals surface area (Å²) in [5.41, 5.74) is 0.608. The number of rotatable bonds is 6. The molecule has 0 aliphatic carbocycles. The fraction of sp³-hybridized carbons (Fsp3) is 0.188. The fourth-order valence-electron chi connectivity index (χ4n) is 1.64. The zero-order chi connectivity index (χ0) is 14.2. The van der Waals surface area contributed by atoms with Gasteiger partial charge in [-0.1, -0.05) is 30.3 Å². The zero-order valence-corrected chi connectivity index (χ0v) is 13.1. The molecule has 0 N–H and O–H groups in total. The van der Waals surface area contributed by atoms with Crippen LogP contribution in [0.25, 0.3) is 0 Å². The van der Waals surface area contributed by atoms with Crippen molar-refractivity contribution in [2.24, 2.45) is 0 Å². The van der Waals surface area contributed by atoms with Crippen molar-refractivity contribution < 1.29 is 14.3 Å². The highest BCUT2D eigenvalue weighted by Gasteiger charge is 2.09. The lowest BCUT2D eigenvalue weighted by atomic mass is 10.2. The lowest BCUT2D eigenvalue weighted by Crippen LogP contribution is -2.10. The fourth-order valence-corrected chi connectivity index (χ4v) is 2.24. The van der Waals surface area contributed by atoms with Crippen LogP contribution in [0.2, 0.25) is 0 Å². The molecule has 20 heavy (non-hydrogen) atoms. The summed E-state index contributed by atoms with van der Waals surface area (Å²) in [6.45, 7) is 0.889. The highest BCUT2D eigenvalue weighted by molar-refractivity contribution is 14.1. The van der Waals surface area contributed by atoms with Gasteiger partial charge in [0.25, 0.3) is 0 Å². The number of carbonyl (C=O) groups excluding carboxylic acids is 1. The normalized spacial score (nSPS) is 10.1. The molecular weight excluding hydrogens is 367 g/mol. The molecule has 0 atom stereocenters. The number of halogens is 1. The Morgan fingerprint density at radius 2 is 1.65 bits per heavy atom. The van der Waals surface area contributed by atoms with Gasteiger partial charge in [0.2, 0.25) is 0 Å². The lowest BCUT2D eigenvalue weighted by Gasteiger charge is -2.07. The Balaban J connectivity index is 1.69. The summed E-state index contributed by atoms with van der Waals surface area (Å²) in [7, 11) is 0. The van der Waals surface area contributed by atoms with Crippen LogP contribution in [0.5, 0.6) is 5.75 Å². The molecule has 0 saturated heterocycles. The van der Waals surface area contributed by atoms with Gasteiger partial charge in [0.1, 0.15) is 5.75 Å². The van der Waals surface area contributed by atoms with Gasteiger partial charge in [0.05, 0.1) is 18.8 Å². The van der Waals surface area contributed by atoms with Gasteiger partial charge >= 0.3 is 5.97 Å². The number of hydrogen-bond donors (Lipinski definition) is 0. The van der Waals surface area contributed by atoms with E-state index in [4.69, 9.17) is 9.47 Å². The lowest BCUT2D eigenvalue weighted by molar-refractivity contribution is 0.0485. The van der Waals surface area contributed by atoms with Crippen molar-refractivity contribution in [2.75, 3.05) is 13.2 Å². The highest BCUT2D eigenvalue weighted by atomic mass is 127. The Labute approximate surface area is 132 Å². The summed E-state index contributed by atoms with van der Waals surface area (Å²) in [5, 5.41) is 0. The summed E-state index contributed by atoms with van der Waals surface area (Å²) in [6.07, 6.45) is 0.671. The molecule has 4 heteroatoms. The van der Waals surface area contributed by atoms with Crippen LogP contribution in [0.3, 0.4) is 0 Å². The van der Waals surface area contributed by atoms with E-state index >= 15 is 0 Å². The van der Waals surface area contributed by atoms with Crippen LogP contribution < -0.4 is 4.74 Å². The molecule has 0 aromatic heterocycles. The van der Waals surface area contributed by atoms with Crippen molar-refractivity contribution >= 4 is 28.6 Å². The van der Waals surface area contributed by atoms with Crippen molar-refractivity contribution in [3.05, 3.63) is 63.7 Å². The highest BCUT2D eigenvalue weighted by Crippen LogP contribution is 2.13. The predicted molar refractivity (Wildman–Crippen MR) is 86.0 cm³/mol. The molecule has 0 aliphatic heterocycles. The van der Waals surface area contributed by atoms with E-state index in [1.165, 1.54) is 0 Å². The smallest absolute Gasteiger partial charge is 0.339 e. The molecule has 2 rings (SSSR count). The first kappa shape index (κ1) is 14.8. The second-order valence-electron chi connectivity index (χ2n) is 4.13. The predicted octanol–water partition coefficient (Wildman–Crippen LogP) is 3.92. The van der Waals surface area contributed by atoms with Crippen molar-refractivity contribution in [1.82, 2.24) is 0 Å². The van der Waals surface area contributed by atoms with E-state index in [9.17, 15) is 4.79 Å². The molecule has 0 radical (unpaired) electrons. The second-order valence-corrected chi connectivity index (χ2v) is 5.29. The van der Waals surface area contributed by atoms with Crippen LogP contribution in [0, 0.1) is 3.57 Å². The maximum Gasteiger partial charge on any atom is 0.339 e. The van der Waals surface area contributed by atoms with Crippen LogP contribution >= 0.6 is 22.6 Å². The summed E-state index contributed by atoms with van der Waals surface area (Å²) in [5.74, 6) is 0.547. The first-order valence-corrected chi connectivity index (χ1v) is 7.45. The van der Waals surface area contributed by atoms with Crippen LogP contribution in [0.15, 0.2) is 54.6 Å². The SMILES string of the molecule is O=C(OCCCOc1ccccc1)c1ccccc1I. The van der Waals surface area contributed by atoms with E-state index < -0.39 is 0 Å². The molecule has 104 valence electrons. The quantitative estimate of drug-likeness (QED) is 0.432. The van der Waals surface area contributed by atoms with Gasteiger partial charge in [0, 0.05) is 9.99 Å². The molecule has 0 amide bonds. The minimum absolute atomic E-state index is 0.283. The maximum atomic E-state index is 11.8. The Hall–Kier alpha value is -1.56. The molecule has 2 aromatic carbocycles. The third kappa shape index (κ3) is 4.52. The second kappa shape index (κ2) is 7.89. The third-order valence-corrected chi connectivity index (χ3v) is 3.57. The van der Waals surface area contributed by atoms with E-state index in [1.807, 2.05) is 48.5 Å². The van der Waals surface area contributed by atoms with Crippen molar-refractivity contribution in [2.45, 2.75) is 6.42 Å². The molecule has 3 nitrogen and oxygen atoms in total. The molecular formula is C16H15IO3. The van der Waals surface area contributed by atoms with Crippen LogP contribution in [-0.4, -0.2) is 19.2 Å². The first-order valence-electron chi connectivity index (χ1n) is 6.37. The molecule has 2 aromatic rings. The van der Waals surface area contributed by atoms with Crippen molar-refractivity contribution in [3.63, 3.8) is 0 Å². The van der Waals surface area contributed by atoms with Crippen LogP contribution in [-0.2, 0) is 4.74 Å². The summed E-state index contributed by atoms with van der Waals surface area (Å²) < 4.78 is 11.6. The van der Waals surface area contributed by atoms with Crippen molar-refractivity contribution in [3.8, 4) is 5.75 Å². The van der Waals surface area contributed by atoms with Crippen LogP contribution in [0.4, 0.5) is 0 Å². The monoisotopic (exact) mass is 382 g/mol. The van der Waals surface area contributed by atoms with E-state index in [1.54, 1.807) is 6.07 Å². The molecule has 0 fully saturated rings. The zero-order valence-electron chi connectivity index (χ0n) is 10.9. The average molecular weight is 382 g/mol. The molecule has 0 bridgehead atoms. The Morgan fingerprint density at radius 1 is 0.950 bits per heavy atom. The largest absolute Gasteiger partial charge is 0.493 e. The molecule has 0 aliphatic rings. The number of para-hydroxylation sites is 1. The number of ether oxygens (including phenoxy) is 2. The topological polar surface area (TPSA) is 35.5 Å². The average Bonchev–Trinajstić information content (AvgIpc) is 2.48. The summed E-state index contributed by atoms with van der Waals surface area (Å²) >= 11 is 2.13. The minimum atomic E-state index is -0.283. The van der Waals surface area contributed by atoms with Gasteiger partial charge in [-0.2, -0.15) is 0 Å². The number of hydrogen-bond acceptors (Lipinski definition) is 3. The molecule has 0 spiro atoms. The van der Waals surface area contributed by atoms with Gasteiger partial charge in [-0.05, 0) is 46.9 Å². The Kier molecular flexibility index (Phi) is 5.86. The summed E-state index contributed by atoms with van der Waals surface area (Å²) in [4.78, 5) is 11.8. The van der Waals surface area contributed by atoms with Crippen LogP contribution in [0.1, 0.15) is 16.8 Å². The van der Waals surface area contributed by atoms with Gasteiger partial charge in [-0.3, -0.25) is 0 Å². The number of esters is 1. The minimum Gasteiger partial charge on any atom is -0.493 e. The van der Waals surface area contributed by atoms with E-state index in [2.05, 4.69) is 22.6 Å². The maximum absolute atomic E-state index is 11.8. The van der Waals surface area contributed by atoms with Crippen molar-refractivity contribution in [1.29, 1.82) is 0 Å². The van der Waals surface area contributed by atoms with E-state index in [-0.39, 0.29) is 5.97 Å². The molecule has 0 unspecified atom stereocenters.